The molecule has 1 aromatic heterocycles. The number of anilines is 1. The van der Waals surface area contributed by atoms with Crippen molar-refractivity contribution < 1.29 is 14.3 Å². The Hall–Kier alpha value is -3.71. The van der Waals surface area contributed by atoms with E-state index in [2.05, 4.69) is 36.5 Å². The molecular formula is C26H25N3O3S. The highest BCUT2D eigenvalue weighted by atomic mass is 32.2. The Kier molecular flexibility index (Phi) is 7.00. The lowest BCUT2D eigenvalue weighted by Gasteiger charge is -2.09. The van der Waals surface area contributed by atoms with Gasteiger partial charge in [0.05, 0.1) is 25.7 Å². The molecule has 6 nitrogen and oxygen atoms in total. The summed E-state index contributed by atoms with van der Waals surface area (Å²) >= 11 is 1.39. The minimum Gasteiger partial charge on any atom is -0.497 e. The van der Waals surface area contributed by atoms with Gasteiger partial charge < -0.3 is 14.8 Å². The van der Waals surface area contributed by atoms with Gasteiger partial charge in [-0.3, -0.25) is 9.36 Å². The lowest BCUT2D eigenvalue weighted by molar-refractivity contribution is -0.113. The number of carbonyl (C=O) groups is 1. The van der Waals surface area contributed by atoms with Gasteiger partial charge in [-0.15, -0.1) is 0 Å². The first-order valence-electron chi connectivity index (χ1n) is 10.4. The van der Waals surface area contributed by atoms with Crippen molar-refractivity contribution in [3.05, 3.63) is 84.6 Å². The van der Waals surface area contributed by atoms with E-state index in [4.69, 9.17) is 14.5 Å². The molecule has 1 heterocycles. The predicted octanol–water partition coefficient (Wildman–Crippen LogP) is 5.60. The van der Waals surface area contributed by atoms with Crippen LogP contribution in [0.25, 0.3) is 16.9 Å². The van der Waals surface area contributed by atoms with Crippen molar-refractivity contribution in [2.45, 2.75) is 12.1 Å². The fourth-order valence-corrected chi connectivity index (χ4v) is 4.05. The molecule has 0 saturated heterocycles. The fraction of sp³-hybridized carbons (Fsp3) is 0.154. The van der Waals surface area contributed by atoms with Crippen molar-refractivity contribution in [2.24, 2.45) is 0 Å². The number of amides is 1. The lowest BCUT2D eigenvalue weighted by atomic mass is 10.1. The number of aryl methyl sites for hydroxylation is 1. The summed E-state index contributed by atoms with van der Waals surface area (Å²) < 4.78 is 12.4. The Bertz CT molecular complexity index is 1220. The number of aromatic nitrogens is 2. The molecule has 1 amide bonds. The molecule has 0 aliphatic rings. The molecule has 4 aromatic rings. The maximum absolute atomic E-state index is 12.6. The third-order valence-corrected chi connectivity index (χ3v) is 6.03. The second-order valence-corrected chi connectivity index (χ2v) is 8.35. The Morgan fingerprint density at radius 3 is 2.12 bits per heavy atom. The Balaban J connectivity index is 1.55. The number of ether oxygens (including phenoxy) is 2. The molecule has 0 radical (unpaired) electrons. The summed E-state index contributed by atoms with van der Waals surface area (Å²) in [5.41, 5.74) is 4.74. The number of thioether (sulfide) groups is 1. The number of benzene rings is 3. The number of nitrogens with zero attached hydrogens (tertiary/aromatic N) is 2. The van der Waals surface area contributed by atoms with Crippen LogP contribution >= 0.6 is 11.8 Å². The molecule has 168 valence electrons. The number of hydrogen-bond donors (Lipinski definition) is 1. The average Bonchev–Trinajstić information content (AvgIpc) is 3.28. The SMILES string of the molecule is COc1ccc(NC(=O)CSc2nc(-c3ccc(C)cc3)cn2-c2ccc(OC)cc2)cc1. The van der Waals surface area contributed by atoms with Crippen molar-refractivity contribution in [3.8, 4) is 28.4 Å². The highest BCUT2D eigenvalue weighted by Gasteiger charge is 2.14. The van der Waals surface area contributed by atoms with Crippen LogP contribution in [0, 0.1) is 6.92 Å². The van der Waals surface area contributed by atoms with Crippen LogP contribution < -0.4 is 14.8 Å². The van der Waals surface area contributed by atoms with Crippen molar-refractivity contribution in [1.29, 1.82) is 0 Å². The minimum absolute atomic E-state index is 0.105. The van der Waals surface area contributed by atoms with E-state index < -0.39 is 0 Å². The van der Waals surface area contributed by atoms with E-state index >= 15 is 0 Å². The summed E-state index contributed by atoms with van der Waals surface area (Å²) in [7, 11) is 3.25. The van der Waals surface area contributed by atoms with E-state index in [-0.39, 0.29) is 11.7 Å². The number of rotatable bonds is 8. The fourth-order valence-electron chi connectivity index (χ4n) is 3.26. The molecular weight excluding hydrogens is 434 g/mol. The highest BCUT2D eigenvalue weighted by molar-refractivity contribution is 7.99. The van der Waals surface area contributed by atoms with Gasteiger partial charge in [0.25, 0.3) is 0 Å². The second-order valence-electron chi connectivity index (χ2n) is 7.41. The van der Waals surface area contributed by atoms with Crippen LogP contribution in [0.15, 0.2) is 84.1 Å². The van der Waals surface area contributed by atoms with Crippen LogP contribution in [0.3, 0.4) is 0 Å². The topological polar surface area (TPSA) is 65.4 Å². The van der Waals surface area contributed by atoms with Gasteiger partial charge in [-0.25, -0.2) is 4.98 Å². The number of methoxy groups -OCH3 is 2. The molecule has 4 rings (SSSR count). The number of hydrogen-bond acceptors (Lipinski definition) is 5. The van der Waals surface area contributed by atoms with Gasteiger partial charge in [0.2, 0.25) is 5.91 Å². The van der Waals surface area contributed by atoms with Crippen LogP contribution in [-0.2, 0) is 4.79 Å². The zero-order valence-electron chi connectivity index (χ0n) is 18.7. The first-order valence-corrected chi connectivity index (χ1v) is 11.4. The highest BCUT2D eigenvalue weighted by Crippen LogP contribution is 2.28. The van der Waals surface area contributed by atoms with E-state index in [9.17, 15) is 4.79 Å². The van der Waals surface area contributed by atoms with Gasteiger partial charge in [0.15, 0.2) is 5.16 Å². The summed E-state index contributed by atoms with van der Waals surface area (Å²) in [6.07, 6.45) is 2.00. The standard InChI is InChI=1S/C26H25N3O3S/c1-18-4-6-19(7-5-18)24-16-29(21-10-14-23(32-3)15-11-21)26(28-24)33-17-25(30)27-20-8-12-22(31-2)13-9-20/h4-16H,17H2,1-3H3,(H,27,30). The maximum Gasteiger partial charge on any atom is 0.234 e. The number of imidazole rings is 1. The molecule has 0 aliphatic carbocycles. The molecule has 0 atom stereocenters. The first kappa shape index (κ1) is 22.5. The Labute approximate surface area is 197 Å². The number of carbonyl (C=O) groups excluding carboxylic acids is 1. The van der Waals surface area contributed by atoms with Gasteiger partial charge in [0, 0.05) is 23.1 Å². The molecule has 0 aliphatic heterocycles. The van der Waals surface area contributed by atoms with Gasteiger partial charge in [-0.1, -0.05) is 41.6 Å². The maximum atomic E-state index is 12.6. The van der Waals surface area contributed by atoms with Crippen molar-refractivity contribution in [3.63, 3.8) is 0 Å². The van der Waals surface area contributed by atoms with Crippen molar-refractivity contribution in [2.75, 3.05) is 25.3 Å². The largest absolute Gasteiger partial charge is 0.497 e. The summed E-state index contributed by atoms with van der Waals surface area (Å²) in [4.78, 5) is 17.4. The van der Waals surface area contributed by atoms with Crippen LogP contribution in [0.5, 0.6) is 11.5 Å². The molecule has 1 N–H and O–H groups in total. The quantitative estimate of drug-likeness (QED) is 0.348. The van der Waals surface area contributed by atoms with Gasteiger partial charge in [-0.05, 0) is 55.5 Å². The molecule has 0 spiro atoms. The van der Waals surface area contributed by atoms with Crippen molar-refractivity contribution >= 4 is 23.4 Å². The summed E-state index contributed by atoms with van der Waals surface area (Å²) in [6.45, 7) is 2.06. The van der Waals surface area contributed by atoms with Crippen LogP contribution in [0.1, 0.15) is 5.56 Å². The van der Waals surface area contributed by atoms with E-state index in [1.165, 1.54) is 17.3 Å². The molecule has 0 saturated carbocycles. The second kappa shape index (κ2) is 10.3. The van der Waals surface area contributed by atoms with Gasteiger partial charge >= 0.3 is 0 Å². The zero-order chi connectivity index (χ0) is 23.2. The first-order chi connectivity index (χ1) is 16.1. The lowest BCUT2D eigenvalue weighted by Crippen LogP contribution is -2.14. The Morgan fingerprint density at radius 2 is 1.52 bits per heavy atom. The smallest absolute Gasteiger partial charge is 0.234 e. The predicted molar refractivity (Wildman–Crippen MR) is 133 cm³/mol. The van der Waals surface area contributed by atoms with Crippen molar-refractivity contribution in [1.82, 2.24) is 9.55 Å². The Morgan fingerprint density at radius 1 is 0.909 bits per heavy atom. The monoisotopic (exact) mass is 459 g/mol. The van der Waals surface area contributed by atoms with Gasteiger partial charge in [0.1, 0.15) is 11.5 Å². The van der Waals surface area contributed by atoms with Crippen LogP contribution in [0.2, 0.25) is 0 Å². The molecule has 0 unspecified atom stereocenters. The van der Waals surface area contributed by atoms with E-state index in [1.807, 2.05) is 59.3 Å². The molecule has 0 bridgehead atoms. The molecule has 0 fully saturated rings. The van der Waals surface area contributed by atoms with Crippen LogP contribution in [-0.4, -0.2) is 35.4 Å². The third-order valence-electron chi connectivity index (χ3n) is 5.08. The van der Waals surface area contributed by atoms with E-state index in [0.29, 0.717) is 0 Å². The van der Waals surface area contributed by atoms with Crippen LogP contribution in [0.4, 0.5) is 5.69 Å². The summed E-state index contributed by atoms with van der Waals surface area (Å²) in [5, 5.41) is 3.65. The number of nitrogens with one attached hydrogen (secondary N) is 1. The van der Waals surface area contributed by atoms with E-state index in [1.54, 1.807) is 14.2 Å². The minimum atomic E-state index is -0.105. The zero-order valence-corrected chi connectivity index (χ0v) is 19.6. The molecule has 3 aromatic carbocycles. The molecule has 33 heavy (non-hydrogen) atoms. The summed E-state index contributed by atoms with van der Waals surface area (Å²) in [5.74, 6) is 1.65. The van der Waals surface area contributed by atoms with Gasteiger partial charge in [-0.2, -0.15) is 0 Å². The normalized spacial score (nSPS) is 10.6. The average molecular weight is 460 g/mol. The molecule has 7 heteroatoms. The summed E-state index contributed by atoms with van der Waals surface area (Å²) in [6, 6.07) is 23.3. The van der Waals surface area contributed by atoms with E-state index in [0.717, 1.165) is 39.3 Å². The third kappa shape index (κ3) is 5.56.